The minimum absolute atomic E-state index is 0.309. The molecular weight excluding hydrogens is 376 g/mol. The van der Waals surface area contributed by atoms with Crippen LogP contribution in [-0.2, 0) is 28.4 Å². The van der Waals surface area contributed by atoms with Gasteiger partial charge in [-0.1, -0.05) is 48.5 Å². The third kappa shape index (κ3) is 4.19. The fourth-order valence-electron chi connectivity index (χ4n) is 3.68. The standard InChI is InChI=1S/C22H24O7/c1-24-18-17-16(13-26-21(29-17)15-11-7-4-8-12-15)27-22(25-2)19(18)28-20(23)14-9-5-3-6-10-14/h3-12,16-19,21-22H,13H2,1-2H3/t16-,17-,18-,19-,21+,22+/m1/s1. The highest BCUT2D eigenvalue weighted by molar-refractivity contribution is 5.89. The number of rotatable bonds is 5. The molecule has 7 heteroatoms. The number of carbonyl (C=O) groups is 1. The van der Waals surface area contributed by atoms with Gasteiger partial charge in [-0.2, -0.15) is 0 Å². The van der Waals surface area contributed by atoms with Crippen LogP contribution in [0.3, 0.4) is 0 Å². The summed E-state index contributed by atoms with van der Waals surface area (Å²) in [6.45, 7) is 0.309. The molecule has 2 aromatic carbocycles. The summed E-state index contributed by atoms with van der Waals surface area (Å²) in [6, 6.07) is 18.4. The fourth-order valence-corrected chi connectivity index (χ4v) is 3.68. The number of benzene rings is 2. The summed E-state index contributed by atoms with van der Waals surface area (Å²) in [5, 5.41) is 0. The van der Waals surface area contributed by atoms with Crippen molar-refractivity contribution in [1.82, 2.24) is 0 Å². The van der Waals surface area contributed by atoms with Crippen LogP contribution in [0, 0.1) is 0 Å². The van der Waals surface area contributed by atoms with Gasteiger partial charge in [-0.15, -0.1) is 0 Å². The Morgan fingerprint density at radius 1 is 0.897 bits per heavy atom. The van der Waals surface area contributed by atoms with Crippen molar-refractivity contribution in [2.45, 2.75) is 37.0 Å². The molecule has 29 heavy (non-hydrogen) atoms. The van der Waals surface area contributed by atoms with Gasteiger partial charge in [0.1, 0.15) is 18.3 Å². The zero-order valence-electron chi connectivity index (χ0n) is 16.3. The second kappa shape index (κ2) is 9.02. The summed E-state index contributed by atoms with van der Waals surface area (Å²) in [7, 11) is 3.05. The molecule has 0 aromatic heterocycles. The molecule has 7 nitrogen and oxygen atoms in total. The van der Waals surface area contributed by atoms with E-state index in [2.05, 4.69) is 0 Å². The van der Waals surface area contributed by atoms with E-state index in [1.807, 2.05) is 36.4 Å². The highest BCUT2D eigenvalue weighted by Gasteiger charge is 2.52. The third-order valence-electron chi connectivity index (χ3n) is 5.11. The first kappa shape index (κ1) is 20.0. The molecule has 2 saturated heterocycles. The van der Waals surface area contributed by atoms with E-state index in [4.69, 9.17) is 28.4 Å². The lowest BCUT2D eigenvalue weighted by molar-refractivity contribution is -0.359. The fraction of sp³-hybridized carbons (Fsp3) is 0.409. The summed E-state index contributed by atoms with van der Waals surface area (Å²) in [5.74, 6) is -0.478. The topological polar surface area (TPSA) is 72.5 Å². The number of hydrogen-bond donors (Lipinski definition) is 0. The quantitative estimate of drug-likeness (QED) is 0.715. The van der Waals surface area contributed by atoms with Crippen LogP contribution in [0.15, 0.2) is 60.7 Å². The van der Waals surface area contributed by atoms with Crippen molar-refractivity contribution < 1.29 is 33.2 Å². The first-order chi connectivity index (χ1) is 14.2. The smallest absolute Gasteiger partial charge is 0.338 e. The van der Waals surface area contributed by atoms with E-state index in [1.54, 1.807) is 31.4 Å². The number of carbonyl (C=O) groups excluding carboxylic acids is 1. The second-order valence-electron chi connectivity index (χ2n) is 6.89. The van der Waals surface area contributed by atoms with Gasteiger partial charge in [0, 0.05) is 19.8 Å². The van der Waals surface area contributed by atoms with Gasteiger partial charge < -0.3 is 28.4 Å². The van der Waals surface area contributed by atoms with Crippen molar-refractivity contribution in [3.05, 3.63) is 71.8 Å². The van der Waals surface area contributed by atoms with Crippen molar-refractivity contribution in [2.75, 3.05) is 20.8 Å². The average molecular weight is 400 g/mol. The monoisotopic (exact) mass is 400 g/mol. The maximum Gasteiger partial charge on any atom is 0.338 e. The molecule has 0 aliphatic carbocycles. The molecule has 0 unspecified atom stereocenters. The molecule has 2 fully saturated rings. The lowest BCUT2D eigenvalue weighted by Crippen LogP contribution is -2.63. The van der Waals surface area contributed by atoms with Crippen molar-refractivity contribution in [1.29, 1.82) is 0 Å². The number of ether oxygens (including phenoxy) is 6. The maximum atomic E-state index is 12.6. The van der Waals surface area contributed by atoms with Crippen LogP contribution in [-0.4, -0.2) is 57.5 Å². The van der Waals surface area contributed by atoms with Gasteiger partial charge in [0.15, 0.2) is 18.7 Å². The van der Waals surface area contributed by atoms with E-state index < -0.39 is 43.0 Å². The summed E-state index contributed by atoms with van der Waals surface area (Å²) >= 11 is 0. The molecule has 2 aromatic rings. The molecule has 0 spiro atoms. The van der Waals surface area contributed by atoms with Gasteiger partial charge in [-0.3, -0.25) is 0 Å². The van der Waals surface area contributed by atoms with Crippen LogP contribution >= 0.6 is 0 Å². The minimum Gasteiger partial charge on any atom is -0.450 e. The molecule has 154 valence electrons. The number of esters is 1. The third-order valence-corrected chi connectivity index (χ3v) is 5.11. The first-order valence-electron chi connectivity index (χ1n) is 9.50. The Balaban J connectivity index is 1.54. The Bertz CT molecular complexity index is 797. The highest BCUT2D eigenvalue weighted by Crippen LogP contribution is 2.36. The summed E-state index contributed by atoms with van der Waals surface area (Å²) in [4.78, 5) is 12.6. The molecule has 6 atom stereocenters. The Morgan fingerprint density at radius 2 is 1.59 bits per heavy atom. The van der Waals surface area contributed by atoms with Crippen LogP contribution in [0.1, 0.15) is 22.2 Å². The number of hydrogen-bond acceptors (Lipinski definition) is 7. The normalized spacial score (nSPS) is 31.7. The lowest BCUT2D eigenvalue weighted by Gasteiger charge is -2.47. The van der Waals surface area contributed by atoms with E-state index in [-0.39, 0.29) is 0 Å². The van der Waals surface area contributed by atoms with E-state index in [0.717, 1.165) is 5.56 Å². The molecule has 0 amide bonds. The summed E-state index contributed by atoms with van der Waals surface area (Å²) in [6.07, 6.45) is -3.62. The molecule has 0 radical (unpaired) electrons. The highest BCUT2D eigenvalue weighted by atomic mass is 16.8. The molecule has 2 aliphatic heterocycles. The molecule has 0 N–H and O–H groups in total. The maximum absolute atomic E-state index is 12.6. The zero-order valence-corrected chi connectivity index (χ0v) is 16.3. The van der Waals surface area contributed by atoms with Crippen molar-refractivity contribution >= 4 is 5.97 Å². The molecule has 2 heterocycles. The lowest BCUT2D eigenvalue weighted by atomic mass is 9.97. The van der Waals surface area contributed by atoms with Gasteiger partial charge >= 0.3 is 5.97 Å². The van der Waals surface area contributed by atoms with Gasteiger partial charge in [0.05, 0.1) is 12.2 Å². The zero-order chi connectivity index (χ0) is 20.2. The summed E-state index contributed by atoms with van der Waals surface area (Å²) < 4.78 is 34.9. The average Bonchev–Trinajstić information content (AvgIpc) is 2.79. The second-order valence-corrected chi connectivity index (χ2v) is 6.89. The molecule has 0 saturated carbocycles. The van der Waals surface area contributed by atoms with Crippen LogP contribution in [0.4, 0.5) is 0 Å². The Hall–Kier alpha value is -2.29. The summed E-state index contributed by atoms with van der Waals surface area (Å²) in [5.41, 5.74) is 1.34. The van der Waals surface area contributed by atoms with E-state index >= 15 is 0 Å². The molecule has 2 aliphatic rings. The number of methoxy groups -OCH3 is 2. The Labute approximate surface area is 169 Å². The van der Waals surface area contributed by atoms with Crippen LogP contribution in [0.25, 0.3) is 0 Å². The van der Waals surface area contributed by atoms with Crippen LogP contribution < -0.4 is 0 Å². The Kier molecular flexibility index (Phi) is 6.22. The van der Waals surface area contributed by atoms with Gasteiger partial charge in [0.2, 0.25) is 0 Å². The number of fused-ring (bicyclic) bond motifs is 1. The van der Waals surface area contributed by atoms with Crippen molar-refractivity contribution in [3.63, 3.8) is 0 Å². The minimum atomic E-state index is -0.798. The van der Waals surface area contributed by atoms with E-state index in [1.165, 1.54) is 7.11 Å². The SMILES string of the molecule is CO[C@H]1O[C@@H]2CO[C@H](c3ccccc3)O[C@H]2[C@@H](OC)[C@H]1OC(=O)c1ccccc1. The molecular formula is C22H24O7. The van der Waals surface area contributed by atoms with E-state index in [9.17, 15) is 4.79 Å². The molecule has 0 bridgehead atoms. The predicted octanol–water partition coefficient (Wildman–Crippen LogP) is 2.71. The van der Waals surface area contributed by atoms with Crippen molar-refractivity contribution in [3.8, 4) is 0 Å². The van der Waals surface area contributed by atoms with Crippen molar-refractivity contribution in [2.24, 2.45) is 0 Å². The van der Waals surface area contributed by atoms with Crippen LogP contribution in [0.5, 0.6) is 0 Å². The molecule has 4 rings (SSSR count). The largest absolute Gasteiger partial charge is 0.450 e. The van der Waals surface area contributed by atoms with E-state index in [0.29, 0.717) is 12.2 Å². The predicted molar refractivity (Wildman–Crippen MR) is 102 cm³/mol. The first-order valence-corrected chi connectivity index (χ1v) is 9.50. The van der Waals surface area contributed by atoms with Gasteiger partial charge in [0.25, 0.3) is 0 Å². The van der Waals surface area contributed by atoms with Gasteiger partial charge in [-0.05, 0) is 12.1 Å². The Morgan fingerprint density at radius 3 is 2.24 bits per heavy atom. The van der Waals surface area contributed by atoms with Crippen LogP contribution in [0.2, 0.25) is 0 Å². The van der Waals surface area contributed by atoms with Gasteiger partial charge in [-0.25, -0.2) is 4.79 Å².